The van der Waals surface area contributed by atoms with E-state index < -0.39 is 11.7 Å². The van der Waals surface area contributed by atoms with E-state index in [0.717, 1.165) is 25.3 Å². The molecule has 0 aliphatic heterocycles. The maximum absolute atomic E-state index is 13.1. The monoisotopic (exact) mass is 320 g/mol. The standard InChI is InChI=1S/C16H20ClF3O/c1-10-3-5-13(7-11(10)2)21-15-6-4-12(9-17)8-14(15)16(18,19)20/h4,6,8,10-11,13H,3,5,7,9H2,1-2H3. The Morgan fingerprint density at radius 2 is 1.90 bits per heavy atom. The lowest BCUT2D eigenvalue weighted by molar-refractivity contribution is -0.139. The molecule has 3 unspecified atom stereocenters. The molecule has 0 bridgehead atoms. The molecule has 1 nitrogen and oxygen atoms in total. The number of hydrogen-bond donors (Lipinski definition) is 0. The van der Waals surface area contributed by atoms with Crippen molar-refractivity contribution in [2.75, 3.05) is 0 Å². The minimum Gasteiger partial charge on any atom is -0.490 e. The molecule has 2 rings (SSSR count). The summed E-state index contributed by atoms with van der Waals surface area (Å²) < 4.78 is 45.1. The molecule has 1 saturated carbocycles. The van der Waals surface area contributed by atoms with Gasteiger partial charge in [-0.25, -0.2) is 0 Å². The SMILES string of the molecule is CC1CCC(Oc2ccc(CCl)cc2C(F)(F)F)CC1C. The predicted octanol–water partition coefficient (Wildman–Crippen LogP) is 5.65. The van der Waals surface area contributed by atoms with Crippen LogP contribution in [0.4, 0.5) is 13.2 Å². The van der Waals surface area contributed by atoms with Crippen molar-refractivity contribution in [2.24, 2.45) is 11.8 Å². The van der Waals surface area contributed by atoms with Crippen LogP contribution in [0, 0.1) is 11.8 Å². The van der Waals surface area contributed by atoms with Crippen molar-refractivity contribution < 1.29 is 17.9 Å². The van der Waals surface area contributed by atoms with Crippen molar-refractivity contribution in [1.29, 1.82) is 0 Å². The van der Waals surface area contributed by atoms with E-state index in [2.05, 4.69) is 13.8 Å². The molecule has 0 amide bonds. The molecule has 0 spiro atoms. The quantitative estimate of drug-likeness (QED) is 0.654. The van der Waals surface area contributed by atoms with Gasteiger partial charge in [-0.3, -0.25) is 0 Å². The summed E-state index contributed by atoms with van der Waals surface area (Å²) in [6.45, 7) is 4.30. The van der Waals surface area contributed by atoms with Gasteiger partial charge in [-0.1, -0.05) is 19.9 Å². The molecular formula is C16H20ClF3O. The first-order valence-electron chi connectivity index (χ1n) is 7.24. The first-order valence-corrected chi connectivity index (χ1v) is 7.77. The van der Waals surface area contributed by atoms with Crippen LogP contribution in [-0.4, -0.2) is 6.10 Å². The van der Waals surface area contributed by atoms with E-state index in [-0.39, 0.29) is 17.7 Å². The smallest absolute Gasteiger partial charge is 0.419 e. The molecule has 5 heteroatoms. The molecule has 0 aromatic heterocycles. The normalized spacial score (nSPS) is 26.7. The van der Waals surface area contributed by atoms with Crippen molar-refractivity contribution in [3.05, 3.63) is 29.3 Å². The Hall–Kier alpha value is -0.900. The van der Waals surface area contributed by atoms with E-state index in [9.17, 15) is 13.2 Å². The second-order valence-corrected chi connectivity index (χ2v) is 6.24. The first kappa shape index (κ1) is 16.5. The van der Waals surface area contributed by atoms with Gasteiger partial charge in [0.1, 0.15) is 5.75 Å². The molecule has 0 saturated heterocycles. The van der Waals surface area contributed by atoms with Gasteiger partial charge in [0.05, 0.1) is 11.7 Å². The molecule has 0 radical (unpaired) electrons. The molecule has 1 aromatic carbocycles. The molecule has 3 atom stereocenters. The molecular weight excluding hydrogens is 301 g/mol. The second-order valence-electron chi connectivity index (χ2n) is 5.97. The Kier molecular flexibility index (Phi) is 5.07. The maximum atomic E-state index is 13.1. The van der Waals surface area contributed by atoms with E-state index >= 15 is 0 Å². The molecule has 21 heavy (non-hydrogen) atoms. The summed E-state index contributed by atoms with van der Waals surface area (Å²) in [7, 11) is 0. The molecule has 1 fully saturated rings. The molecule has 1 aliphatic carbocycles. The van der Waals surface area contributed by atoms with Crippen molar-refractivity contribution in [1.82, 2.24) is 0 Å². The number of rotatable bonds is 3. The average Bonchev–Trinajstić information content (AvgIpc) is 2.42. The van der Waals surface area contributed by atoms with Crippen LogP contribution in [0.3, 0.4) is 0 Å². The molecule has 0 N–H and O–H groups in total. The number of halogens is 4. The lowest BCUT2D eigenvalue weighted by Gasteiger charge is -2.32. The summed E-state index contributed by atoms with van der Waals surface area (Å²) in [6, 6.07) is 4.06. The van der Waals surface area contributed by atoms with Crippen LogP contribution in [0.1, 0.15) is 44.2 Å². The van der Waals surface area contributed by atoms with Gasteiger partial charge in [-0.05, 0) is 48.8 Å². The highest BCUT2D eigenvalue weighted by Gasteiger charge is 2.36. The number of ether oxygens (including phenoxy) is 1. The fourth-order valence-corrected chi connectivity index (χ4v) is 2.94. The lowest BCUT2D eigenvalue weighted by atomic mass is 9.80. The summed E-state index contributed by atoms with van der Waals surface area (Å²) in [5.74, 6) is 1.05. The van der Waals surface area contributed by atoms with Crippen LogP contribution in [0.25, 0.3) is 0 Å². The minimum atomic E-state index is -4.43. The number of hydrogen-bond acceptors (Lipinski definition) is 1. The van der Waals surface area contributed by atoms with Crippen LogP contribution in [0.5, 0.6) is 5.75 Å². The van der Waals surface area contributed by atoms with E-state index in [1.165, 1.54) is 6.07 Å². The van der Waals surface area contributed by atoms with Gasteiger partial charge in [-0.15, -0.1) is 11.6 Å². The third-order valence-electron chi connectivity index (χ3n) is 4.35. The van der Waals surface area contributed by atoms with E-state index in [4.69, 9.17) is 16.3 Å². The zero-order chi connectivity index (χ0) is 15.6. The van der Waals surface area contributed by atoms with E-state index in [1.54, 1.807) is 6.07 Å². The van der Waals surface area contributed by atoms with Crippen molar-refractivity contribution in [2.45, 2.75) is 51.3 Å². The van der Waals surface area contributed by atoms with Gasteiger partial charge >= 0.3 is 6.18 Å². The molecule has 1 aliphatic rings. The topological polar surface area (TPSA) is 9.23 Å². The largest absolute Gasteiger partial charge is 0.490 e. The summed E-state index contributed by atoms with van der Waals surface area (Å²) in [4.78, 5) is 0. The van der Waals surface area contributed by atoms with Crippen LogP contribution in [0.2, 0.25) is 0 Å². The zero-order valence-corrected chi connectivity index (χ0v) is 13.0. The first-order chi connectivity index (χ1) is 9.81. The van der Waals surface area contributed by atoms with Gasteiger partial charge in [-0.2, -0.15) is 13.2 Å². The van der Waals surface area contributed by atoms with Gasteiger partial charge in [0.2, 0.25) is 0 Å². The maximum Gasteiger partial charge on any atom is 0.419 e. The van der Waals surface area contributed by atoms with Gasteiger partial charge in [0, 0.05) is 5.88 Å². The van der Waals surface area contributed by atoms with Crippen LogP contribution < -0.4 is 4.74 Å². The Balaban J connectivity index is 2.19. The average molecular weight is 321 g/mol. The predicted molar refractivity (Wildman–Crippen MR) is 77.6 cm³/mol. The highest BCUT2D eigenvalue weighted by molar-refractivity contribution is 6.17. The number of benzene rings is 1. The molecule has 0 heterocycles. The highest BCUT2D eigenvalue weighted by Crippen LogP contribution is 2.39. The summed E-state index contributed by atoms with van der Waals surface area (Å²) >= 11 is 5.62. The fraction of sp³-hybridized carbons (Fsp3) is 0.625. The van der Waals surface area contributed by atoms with Crippen molar-refractivity contribution in [3.63, 3.8) is 0 Å². The Bertz CT molecular complexity index is 487. The van der Waals surface area contributed by atoms with Gasteiger partial charge in [0.15, 0.2) is 0 Å². The lowest BCUT2D eigenvalue weighted by Crippen LogP contribution is -2.29. The van der Waals surface area contributed by atoms with Crippen LogP contribution in [-0.2, 0) is 12.1 Å². The number of alkyl halides is 4. The summed E-state index contributed by atoms with van der Waals surface area (Å²) in [5, 5.41) is 0. The third kappa shape index (κ3) is 4.06. The van der Waals surface area contributed by atoms with Gasteiger partial charge in [0.25, 0.3) is 0 Å². The Morgan fingerprint density at radius 1 is 1.19 bits per heavy atom. The second kappa shape index (κ2) is 6.47. The van der Waals surface area contributed by atoms with E-state index in [0.29, 0.717) is 17.4 Å². The summed E-state index contributed by atoms with van der Waals surface area (Å²) in [5.41, 5.74) is -0.283. The minimum absolute atomic E-state index is 0.0569. The molecule has 118 valence electrons. The van der Waals surface area contributed by atoms with Crippen LogP contribution in [0.15, 0.2) is 18.2 Å². The third-order valence-corrected chi connectivity index (χ3v) is 4.66. The molecule has 1 aromatic rings. The highest BCUT2D eigenvalue weighted by atomic mass is 35.5. The Morgan fingerprint density at radius 3 is 2.48 bits per heavy atom. The fourth-order valence-electron chi connectivity index (χ4n) is 2.77. The van der Waals surface area contributed by atoms with Crippen molar-refractivity contribution in [3.8, 4) is 5.75 Å². The Labute approximate surface area is 128 Å². The van der Waals surface area contributed by atoms with Crippen molar-refractivity contribution >= 4 is 11.6 Å². The zero-order valence-electron chi connectivity index (χ0n) is 12.2. The van der Waals surface area contributed by atoms with E-state index in [1.807, 2.05) is 0 Å². The summed E-state index contributed by atoms with van der Waals surface area (Å²) in [6.07, 6.45) is -1.97. The van der Waals surface area contributed by atoms with Crippen LogP contribution >= 0.6 is 11.6 Å². The van der Waals surface area contributed by atoms with Gasteiger partial charge < -0.3 is 4.74 Å².